The summed E-state index contributed by atoms with van der Waals surface area (Å²) in [5.74, 6) is 0.879. The van der Waals surface area contributed by atoms with Gasteiger partial charge < -0.3 is 10.4 Å². The molecule has 0 unspecified atom stereocenters. The number of aliphatic hydroxyl groups excluding tert-OH is 1. The summed E-state index contributed by atoms with van der Waals surface area (Å²) < 4.78 is 0. The molecule has 1 saturated carbocycles. The van der Waals surface area contributed by atoms with Crippen molar-refractivity contribution in [1.82, 2.24) is 9.88 Å². The van der Waals surface area contributed by atoms with Crippen LogP contribution in [0, 0.1) is 0 Å². The van der Waals surface area contributed by atoms with Gasteiger partial charge in [-0.05, 0) is 31.4 Å². The minimum absolute atomic E-state index is 0.182. The highest BCUT2D eigenvalue weighted by atomic mass is 35.5. The molecule has 0 aromatic carbocycles. The molecule has 4 nitrogen and oxygen atoms in total. The second kappa shape index (κ2) is 7.81. The van der Waals surface area contributed by atoms with Gasteiger partial charge in [-0.3, -0.25) is 4.90 Å². The largest absolute Gasteiger partial charge is 0.395 e. The number of pyridine rings is 1. The van der Waals surface area contributed by atoms with E-state index >= 15 is 0 Å². The van der Waals surface area contributed by atoms with Crippen molar-refractivity contribution < 1.29 is 5.11 Å². The van der Waals surface area contributed by atoms with Crippen molar-refractivity contribution in [1.29, 1.82) is 0 Å². The second-order valence-electron chi connectivity index (χ2n) is 5.33. The van der Waals surface area contributed by atoms with E-state index < -0.39 is 0 Å². The lowest BCUT2D eigenvalue weighted by Gasteiger charge is -2.37. The summed E-state index contributed by atoms with van der Waals surface area (Å²) in [5.41, 5.74) is 0.896. The van der Waals surface area contributed by atoms with E-state index in [-0.39, 0.29) is 6.61 Å². The summed E-state index contributed by atoms with van der Waals surface area (Å²) in [6, 6.07) is 4.40. The highest BCUT2D eigenvalue weighted by molar-refractivity contribution is 6.31. The van der Waals surface area contributed by atoms with Crippen molar-refractivity contribution in [3.05, 3.63) is 22.8 Å². The van der Waals surface area contributed by atoms with Gasteiger partial charge in [-0.15, -0.1) is 0 Å². The van der Waals surface area contributed by atoms with Crippen molar-refractivity contribution in [2.45, 2.75) is 45.2 Å². The van der Waals surface area contributed by atoms with Gasteiger partial charge in [0, 0.05) is 25.7 Å². The topological polar surface area (TPSA) is 48.4 Å². The Morgan fingerprint density at radius 2 is 2.25 bits per heavy atom. The standard InChI is InChI=1S/C15H24ClN3O/c1-2-8-17-15-7-6-13(16)14(18-15)11-19(9-10-20)12-4-3-5-12/h6-7,12,20H,2-5,8-11H2,1H3,(H,17,18). The predicted molar refractivity (Wildman–Crippen MR) is 83.2 cm³/mol. The van der Waals surface area contributed by atoms with Crippen LogP contribution in [0.3, 0.4) is 0 Å². The van der Waals surface area contributed by atoms with E-state index in [1.165, 1.54) is 19.3 Å². The molecule has 1 heterocycles. The Hall–Kier alpha value is -0.840. The van der Waals surface area contributed by atoms with Gasteiger partial charge in [-0.25, -0.2) is 4.98 Å². The van der Waals surface area contributed by atoms with Crippen LogP contribution in [0.25, 0.3) is 0 Å². The molecular weight excluding hydrogens is 274 g/mol. The molecule has 0 bridgehead atoms. The van der Waals surface area contributed by atoms with Gasteiger partial charge in [0.05, 0.1) is 17.3 Å². The van der Waals surface area contributed by atoms with Gasteiger partial charge in [0.15, 0.2) is 0 Å². The molecule has 112 valence electrons. The molecule has 0 saturated heterocycles. The lowest BCUT2D eigenvalue weighted by molar-refractivity contribution is 0.0934. The normalized spacial score (nSPS) is 15.4. The molecule has 5 heteroatoms. The van der Waals surface area contributed by atoms with E-state index in [0.29, 0.717) is 24.2 Å². The van der Waals surface area contributed by atoms with Crippen LogP contribution in [0.5, 0.6) is 0 Å². The van der Waals surface area contributed by atoms with Crippen LogP contribution in [-0.2, 0) is 6.54 Å². The van der Waals surface area contributed by atoms with Crippen molar-refractivity contribution in [3.63, 3.8) is 0 Å². The van der Waals surface area contributed by atoms with Crippen molar-refractivity contribution in [2.75, 3.05) is 25.0 Å². The zero-order valence-corrected chi connectivity index (χ0v) is 12.9. The lowest BCUT2D eigenvalue weighted by Crippen LogP contribution is -2.41. The third-order valence-corrected chi connectivity index (χ3v) is 4.15. The van der Waals surface area contributed by atoms with Gasteiger partial charge in [0.2, 0.25) is 0 Å². The van der Waals surface area contributed by atoms with Gasteiger partial charge in [0.25, 0.3) is 0 Å². The SMILES string of the molecule is CCCNc1ccc(Cl)c(CN(CCO)C2CCC2)n1. The molecule has 0 radical (unpaired) electrons. The fourth-order valence-corrected chi connectivity index (χ4v) is 2.58. The van der Waals surface area contributed by atoms with E-state index in [1.807, 2.05) is 12.1 Å². The minimum Gasteiger partial charge on any atom is -0.395 e. The number of hydrogen-bond donors (Lipinski definition) is 2. The second-order valence-corrected chi connectivity index (χ2v) is 5.74. The van der Waals surface area contributed by atoms with Crippen LogP contribution in [0.1, 0.15) is 38.3 Å². The molecule has 2 N–H and O–H groups in total. The summed E-state index contributed by atoms with van der Waals surface area (Å²) >= 11 is 6.26. The Labute approximate surface area is 126 Å². The molecule has 0 aliphatic heterocycles. The monoisotopic (exact) mass is 297 g/mol. The Balaban J connectivity index is 2.04. The highest BCUT2D eigenvalue weighted by Crippen LogP contribution is 2.27. The van der Waals surface area contributed by atoms with Crippen LogP contribution in [0.15, 0.2) is 12.1 Å². The zero-order valence-electron chi connectivity index (χ0n) is 12.1. The van der Waals surface area contributed by atoms with Crippen LogP contribution in [0.2, 0.25) is 5.02 Å². The number of anilines is 1. The maximum Gasteiger partial charge on any atom is 0.126 e. The van der Waals surface area contributed by atoms with Crippen molar-refractivity contribution >= 4 is 17.4 Å². The van der Waals surface area contributed by atoms with Gasteiger partial charge >= 0.3 is 0 Å². The van der Waals surface area contributed by atoms with Gasteiger partial charge in [0.1, 0.15) is 5.82 Å². The molecular formula is C15H24ClN3O. The van der Waals surface area contributed by atoms with E-state index in [4.69, 9.17) is 11.6 Å². The highest BCUT2D eigenvalue weighted by Gasteiger charge is 2.25. The van der Waals surface area contributed by atoms with E-state index in [0.717, 1.165) is 24.5 Å². The van der Waals surface area contributed by atoms with E-state index in [9.17, 15) is 5.11 Å². The van der Waals surface area contributed by atoms with Crippen LogP contribution >= 0.6 is 11.6 Å². The summed E-state index contributed by atoms with van der Waals surface area (Å²) in [6.45, 7) is 4.63. The number of hydrogen-bond acceptors (Lipinski definition) is 4. The first-order chi connectivity index (χ1) is 9.74. The Morgan fingerprint density at radius 3 is 2.85 bits per heavy atom. The van der Waals surface area contributed by atoms with E-state index in [2.05, 4.69) is 22.1 Å². The Kier molecular flexibility index (Phi) is 6.07. The Morgan fingerprint density at radius 1 is 1.45 bits per heavy atom. The number of halogens is 1. The van der Waals surface area contributed by atoms with E-state index in [1.54, 1.807) is 0 Å². The molecule has 1 aromatic heterocycles. The quantitative estimate of drug-likeness (QED) is 0.774. The first-order valence-corrected chi connectivity index (χ1v) is 7.86. The summed E-state index contributed by atoms with van der Waals surface area (Å²) in [4.78, 5) is 6.90. The van der Waals surface area contributed by atoms with Crippen molar-refractivity contribution in [2.24, 2.45) is 0 Å². The molecule has 2 rings (SSSR count). The molecule has 0 amide bonds. The summed E-state index contributed by atoms with van der Waals surface area (Å²) in [7, 11) is 0. The summed E-state index contributed by atoms with van der Waals surface area (Å²) in [5, 5.41) is 13.2. The summed E-state index contributed by atoms with van der Waals surface area (Å²) in [6.07, 6.45) is 4.78. The first-order valence-electron chi connectivity index (χ1n) is 7.48. The maximum absolute atomic E-state index is 9.22. The average molecular weight is 298 g/mol. The third-order valence-electron chi connectivity index (χ3n) is 3.81. The molecule has 20 heavy (non-hydrogen) atoms. The van der Waals surface area contributed by atoms with Gasteiger partial charge in [-0.2, -0.15) is 0 Å². The molecule has 1 aromatic rings. The molecule has 1 aliphatic carbocycles. The van der Waals surface area contributed by atoms with Gasteiger partial charge in [-0.1, -0.05) is 24.9 Å². The number of nitrogens with one attached hydrogen (secondary N) is 1. The zero-order chi connectivity index (χ0) is 14.4. The van der Waals surface area contributed by atoms with Crippen LogP contribution < -0.4 is 5.32 Å². The number of aromatic nitrogens is 1. The average Bonchev–Trinajstić information content (AvgIpc) is 2.38. The molecule has 1 fully saturated rings. The van der Waals surface area contributed by atoms with Crippen molar-refractivity contribution in [3.8, 4) is 0 Å². The maximum atomic E-state index is 9.22. The Bertz CT molecular complexity index is 424. The van der Waals surface area contributed by atoms with Crippen LogP contribution in [-0.4, -0.2) is 40.7 Å². The third kappa shape index (κ3) is 4.08. The number of aliphatic hydroxyl groups is 1. The fraction of sp³-hybridized carbons (Fsp3) is 0.667. The fourth-order valence-electron chi connectivity index (χ4n) is 2.41. The predicted octanol–water partition coefficient (Wildman–Crippen LogP) is 2.90. The molecule has 0 atom stereocenters. The first kappa shape index (κ1) is 15.5. The molecule has 0 spiro atoms. The minimum atomic E-state index is 0.182. The van der Waals surface area contributed by atoms with Crippen LogP contribution in [0.4, 0.5) is 5.82 Å². The smallest absolute Gasteiger partial charge is 0.126 e. The number of nitrogens with zero attached hydrogens (tertiary/aromatic N) is 2. The molecule has 1 aliphatic rings. The number of rotatable bonds is 8. The lowest BCUT2D eigenvalue weighted by atomic mass is 9.91.